The van der Waals surface area contributed by atoms with Crippen molar-refractivity contribution in [3.8, 4) is 11.5 Å². The number of likely N-dealkylation sites (tertiary alicyclic amines) is 1. The van der Waals surface area contributed by atoms with Crippen molar-refractivity contribution in [2.45, 2.75) is 38.5 Å². The molecule has 1 saturated carbocycles. The second-order valence-corrected chi connectivity index (χ2v) is 7.31. The quantitative estimate of drug-likeness (QED) is 0.769. The molecule has 0 radical (unpaired) electrons. The zero-order valence-corrected chi connectivity index (χ0v) is 15.3. The third-order valence-electron chi connectivity index (χ3n) is 5.16. The molecule has 1 saturated heterocycles. The van der Waals surface area contributed by atoms with E-state index in [1.807, 2.05) is 4.90 Å². The summed E-state index contributed by atoms with van der Waals surface area (Å²) in [5.41, 5.74) is 0.560. The van der Waals surface area contributed by atoms with Gasteiger partial charge in [-0.25, -0.2) is 0 Å². The fourth-order valence-electron chi connectivity index (χ4n) is 3.40. The Balaban J connectivity index is 1.69. The average molecular weight is 361 g/mol. The number of carboxylic acid groups (broad SMARTS) is 1. The minimum absolute atomic E-state index is 0.0431. The van der Waals surface area contributed by atoms with Gasteiger partial charge in [-0.05, 0) is 56.1 Å². The minimum atomic E-state index is -0.778. The molecule has 1 N–H and O–H groups in total. The predicted molar refractivity (Wildman–Crippen MR) is 96.7 cm³/mol. The van der Waals surface area contributed by atoms with Crippen molar-refractivity contribution < 1.29 is 24.2 Å². The standard InChI is InChI=1S/C20H27NO5/c1-25-16-7-8-17(18(11-16)26-13-15-4-5-15)20(24)21-10-2-3-14(12-21)6-9-19(22)23/h7-8,11,14-15H,2-6,9-10,12-13H2,1H3,(H,22,23). The van der Waals surface area contributed by atoms with Crippen LogP contribution < -0.4 is 9.47 Å². The van der Waals surface area contributed by atoms with Crippen LogP contribution in [0.5, 0.6) is 11.5 Å². The molecule has 1 aliphatic heterocycles. The van der Waals surface area contributed by atoms with Crippen LogP contribution >= 0.6 is 0 Å². The molecule has 1 heterocycles. The lowest BCUT2D eigenvalue weighted by molar-refractivity contribution is -0.137. The number of rotatable bonds is 8. The van der Waals surface area contributed by atoms with Gasteiger partial charge in [-0.3, -0.25) is 9.59 Å². The Labute approximate surface area is 154 Å². The molecule has 6 heteroatoms. The zero-order valence-electron chi connectivity index (χ0n) is 15.3. The number of hydrogen-bond donors (Lipinski definition) is 1. The molecule has 1 atom stereocenters. The first-order chi connectivity index (χ1) is 12.6. The third kappa shape index (κ3) is 4.90. The highest BCUT2D eigenvalue weighted by Crippen LogP contribution is 2.33. The van der Waals surface area contributed by atoms with Crippen molar-refractivity contribution in [2.24, 2.45) is 11.8 Å². The Morgan fingerprint density at radius 2 is 2.04 bits per heavy atom. The molecule has 1 amide bonds. The predicted octanol–water partition coefficient (Wildman–Crippen LogP) is 3.20. The van der Waals surface area contributed by atoms with E-state index < -0.39 is 5.97 Å². The van der Waals surface area contributed by atoms with Crippen LogP contribution in [0.4, 0.5) is 0 Å². The van der Waals surface area contributed by atoms with Crippen LogP contribution in [0.3, 0.4) is 0 Å². The van der Waals surface area contributed by atoms with E-state index in [1.165, 1.54) is 12.8 Å². The van der Waals surface area contributed by atoms with Crippen LogP contribution in [-0.2, 0) is 4.79 Å². The van der Waals surface area contributed by atoms with Crippen molar-refractivity contribution in [1.29, 1.82) is 0 Å². The summed E-state index contributed by atoms with van der Waals surface area (Å²) in [6.07, 6.45) is 5.03. The molecular formula is C20H27NO5. The molecule has 3 rings (SSSR count). The van der Waals surface area contributed by atoms with Crippen LogP contribution in [0, 0.1) is 11.8 Å². The van der Waals surface area contributed by atoms with Gasteiger partial charge < -0.3 is 19.5 Å². The molecule has 1 aromatic rings. The van der Waals surface area contributed by atoms with E-state index in [1.54, 1.807) is 25.3 Å². The van der Waals surface area contributed by atoms with Gasteiger partial charge in [-0.2, -0.15) is 0 Å². The second-order valence-electron chi connectivity index (χ2n) is 7.31. The van der Waals surface area contributed by atoms with Gasteiger partial charge in [0, 0.05) is 25.6 Å². The normalized spacial score (nSPS) is 19.9. The van der Waals surface area contributed by atoms with Gasteiger partial charge in [0.1, 0.15) is 11.5 Å². The molecule has 2 aliphatic rings. The largest absolute Gasteiger partial charge is 0.497 e. The average Bonchev–Trinajstić information content (AvgIpc) is 3.48. The van der Waals surface area contributed by atoms with Gasteiger partial charge in [0.05, 0.1) is 19.3 Å². The summed E-state index contributed by atoms with van der Waals surface area (Å²) in [6, 6.07) is 5.33. The minimum Gasteiger partial charge on any atom is -0.497 e. The van der Waals surface area contributed by atoms with E-state index in [0.717, 1.165) is 12.8 Å². The molecule has 0 aromatic heterocycles. The molecule has 2 fully saturated rings. The van der Waals surface area contributed by atoms with E-state index >= 15 is 0 Å². The number of carbonyl (C=O) groups excluding carboxylic acids is 1. The van der Waals surface area contributed by atoms with Crippen LogP contribution in [0.25, 0.3) is 0 Å². The number of ether oxygens (including phenoxy) is 2. The number of methoxy groups -OCH3 is 1. The molecule has 1 unspecified atom stereocenters. The SMILES string of the molecule is COc1ccc(C(=O)N2CCCC(CCC(=O)O)C2)c(OCC2CC2)c1. The van der Waals surface area contributed by atoms with Crippen molar-refractivity contribution in [3.05, 3.63) is 23.8 Å². The van der Waals surface area contributed by atoms with Crippen molar-refractivity contribution >= 4 is 11.9 Å². The van der Waals surface area contributed by atoms with Gasteiger partial charge >= 0.3 is 5.97 Å². The lowest BCUT2D eigenvalue weighted by Gasteiger charge is -2.33. The maximum Gasteiger partial charge on any atom is 0.303 e. The first kappa shape index (κ1) is 18.5. The van der Waals surface area contributed by atoms with Crippen LogP contribution in [0.1, 0.15) is 48.9 Å². The smallest absolute Gasteiger partial charge is 0.303 e. The van der Waals surface area contributed by atoms with E-state index in [0.29, 0.717) is 49.1 Å². The van der Waals surface area contributed by atoms with Crippen molar-refractivity contribution in [1.82, 2.24) is 4.90 Å². The Bertz CT molecular complexity index is 656. The monoisotopic (exact) mass is 361 g/mol. The van der Waals surface area contributed by atoms with Crippen molar-refractivity contribution in [2.75, 3.05) is 26.8 Å². The molecule has 142 valence electrons. The number of carboxylic acids is 1. The molecular weight excluding hydrogens is 334 g/mol. The number of carbonyl (C=O) groups is 2. The molecule has 0 bridgehead atoms. The maximum atomic E-state index is 13.1. The molecule has 26 heavy (non-hydrogen) atoms. The number of benzene rings is 1. The summed E-state index contributed by atoms with van der Waals surface area (Å²) in [5.74, 6) is 1.27. The van der Waals surface area contributed by atoms with Gasteiger partial charge in [0.15, 0.2) is 0 Å². The summed E-state index contributed by atoms with van der Waals surface area (Å²) < 4.78 is 11.2. The van der Waals surface area contributed by atoms with E-state index in [2.05, 4.69) is 0 Å². The molecule has 6 nitrogen and oxygen atoms in total. The van der Waals surface area contributed by atoms with Gasteiger partial charge in [0.25, 0.3) is 5.91 Å². The Morgan fingerprint density at radius 1 is 1.23 bits per heavy atom. The summed E-state index contributed by atoms with van der Waals surface area (Å²) in [7, 11) is 1.60. The van der Waals surface area contributed by atoms with E-state index in [-0.39, 0.29) is 18.2 Å². The third-order valence-corrected chi connectivity index (χ3v) is 5.16. The molecule has 0 spiro atoms. The Morgan fingerprint density at radius 3 is 2.73 bits per heavy atom. The number of amides is 1. The number of hydrogen-bond acceptors (Lipinski definition) is 4. The summed E-state index contributed by atoms with van der Waals surface area (Å²) in [5, 5.41) is 8.88. The summed E-state index contributed by atoms with van der Waals surface area (Å²) >= 11 is 0. The highest BCUT2D eigenvalue weighted by atomic mass is 16.5. The highest BCUT2D eigenvalue weighted by Gasteiger charge is 2.28. The topological polar surface area (TPSA) is 76.1 Å². The summed E-state index contributed by atoms with van der Waals surface area (Å²) in [4.78, 5) is 25.7. The number of aliphatic carboxylic acids is 1. The molecule has 1 aliphatic carbocycles. The lowest BCUT2D eigenvalue weighted by atomic mass is 9.93. The van der Waals surface area contributed by atoms with Crippen molar-refractivity contribution in [3.63, 3.8) is 0 Å². The van der Waals surface area contributed by atoms with Gasteiger partial charge in [0.2, 0.25) is 0 Å². The summed E-state index contributed by atoms with van der Waals surface area (Å²) in [6.45, 7) is 1.95. The first-order valence-electron chi connectivity index (χ1n) is 9.38. The van der Waals surface area contributed by atoms with E-state index in [4.69, 9.17) is 14.6 Å². The lowest BCUT2D eigenvalue weighted by Crippen LogP contribution is -2.40. The van der Waals surface area contributed by atoms with Gasteiger partial charge in [-0.15, -0.1) is 0 Å². The number of nitrogens with zero attached hydrogens (tertiary/aromatic N) is 1. The fraction of sp³-hybridized carbons (Fsp3) is 0.600. The molecule has 1 aromatic carbocycles. The van der Waals surface area contributed by atoms with Gasteiger partial charge in [-0.1, -0.05) is 0 Å². The second kappa shape index (κ2) is 8.43. The van der Waals surface area contributed by atoms with E-state index in [9.17, 15) is 9.59 Å². The van der Waals surface area contributed by atoms with Crippen LogP contribution in [0.15, 0.2) is 18.2 Å². The Kier molecular flexibility index (Phi) is 6.01. The maximum absolute atomic E-state index is 13.1. The van der Waals surface area contributed by atoms with Crippen LogP contribution in [0.2, 0.25) is 0 Å². The first-order valence-corrected chi connectivity index (χ1v) is 9.38. The zero-order chi connectivity index (χ0) is 18.5. The number of piperidine rings is 1. The fourth-order valence-corrected chi connectivity index (χ4v) is 3.40. The van der Waals surface area contributed by atoms with Crippen LogP contribution in [-0.4, -0.2) is 48.7 Å². The highest BCUT2D eigenvalue weighted by molar-refractivity contribution is 5.97. The Hall–Kier alpha value is -2.24.